The Balaban J connectivity index is 1.38. The number of nitrogens with zero attached hydrogens (tertiary/aromatic N) is 2. The molecule has 0 bridgehead atoms. The molecule has 0 saturated carbocycles. The number of rotatable bonds is 11. The van der Waals surface area contributed by atoms with E-state index in [-0.39, 0.29) is 48.9 Å². The molecule has 9 nitrogen and oxygen atoms in total. The number of ether oxygens (including phenoxy) is 2. The summed E-state index contributed by atoms with van der Waals surface area (Å²) in [6, 6.07) is 18.5. The number of carboxylic acids is 1. The third-order valence-corrected chi connectivity index (χ3v) is 11.2. The summed E-state index contributed by atoms with van der Waals surface area (Å²) in [4.78, 5) is 25.7. The van der Waals surface area contributed by atoms with Crippen molar-refractivity contribution in [1.29, 1.82) is 0 Å². The van der Waals surface area contributed by atoms with Crippen LogP contribution in [-0.2, 0) is 32.7 Å². The molecule has 0 radical (unpaired) electrons. The summed E-state index contributed by atoms with van der Waals surface area (Å²) in [6.45, 7) is 0.616. The first kappa shape index (κ1) is 36.9. The number of carbonyl (C=O) groups excluding carboxylic acids is 1. The van der Waals surface area contributed by atoms with Gasteiger partial charge in [-0.15, -0.1) is 0 Å². The maximum Gasteiger partial charge on any atom is 0.339 e. The number of sulfonamides is 1. The number of anilines is 1. The number of carboxylic acid groups (broad SMARTS) is 1. The van der Waals surface area contributed by atoms with Gasteiger partial charge in [0.05, 0.1) is 6.54 Å². The van der Waals surface area contributed by atoms with E-state index < -0.39 is 68.5 Å². The van der Waals surface area contributed by atoms with Crippen LogP contribution in [-0.4, -0.2) is 55.5 Å². The van der Waals surface area contributed by atoms with Crippen molar-refractivity contribution in [3.63, 3.8) is 0 Å². The van der Waals surface area contributed by atoms with Crippen LogP contribution in [0.4, 0.5) is 27.6 Å². The predicted octanol–water partition coefficient (Wildman–Crippen LogP) is 6.94. The zero-order valence-electron chi connectivity index (χ0n) is 27.5. The summed E-state index contributed by atoms with van der Waals surface area (Å²) in [5, 5.41) is 9.90. The largest absolute Gasteiger partial charge is 0.488 e. The van der Waals surface area contributed by atoms with E-state index >= 15 is 0 Å². The third kappa shape index (κ3) is 7.38. The van der Waals surface area contributed by atoms with E-state index in [2.05, 4.69) is 0 Å². The van der Waals surface area contributed by atoms with Gasteiger partial charge in [-0.05, 0) is 60.4 Å². The van der Waals surface area contributed by atoms with E-state index in [4.69, 9.17) is 9.47 Å². The monoisotopic (exact) mass is 744 g/mol. The summed E-state index contributed by atoms with van der Waals surface area (Å²) in [5.41, 5.74) is 2.27. The minimum Gasteiger partial charge on any atom is -0.488 e. The second-order valence-corrected chi connectivity index (χ2v) is 14.3. The van der Waals surface area contributed by atoms with Gasteiger partial charge in [-0.2, -0.15) is 4.31 Å². The molecule has 2 saturated heterocycles. The van der Waals surface area contributed by atoms with Crippen LogP contribution in [0.5, 0.6) is 5.75 Å². The molecule has 1 amide bonds. The van der Waals surface area contributed by atoms with E-state index in [1.807, 2.05) is 12.1 Å². The highest BCUT2D eigenvalue weighted by atomic mass is 32.2. The Morgan fingerprint density at radius 1 is 0.827 bits per heavy atom. The lowest BCUT2D eigenvalue weighted by Crippen LogP contribution is -2.48. The van der Waals surface area contributed by atoms with Gasteiger partial charge >= 0.3 is 5.97 Å². The molecule has 4 aromatic rings. The van der Waals surface area contributed by atoms with Crippen LogP contribution in [0.3, 0.4) is 0 Å². The van der Waals surface area contributed by atoms with Gasteiger partial charge in [0.25, 0.3) is 0 Å². The van der Waals surface area contributed by atoms with Crippen LogP contribution >= 0.6 is 0 Å². The van der Waals surface area contributed by atoms with Crippen molar-refractivity contribution < 1.29 is 54.5 Å². The average molecular weight is 745 g/mol. The summed E-state index contributed by atoms with van der Waals surface area (Å²) in [6.07, 6.45) is 1.56. The molecule has 6 rings (SSSR count). The number of benzene rings is 4. The van der Waals surface area contributed by atoms with Gasteiger partial charge in [-0.25, -0.2) is 35.2 Å². The van der Waals surface area contributed by atoms with Gasteiger partial charge in [0.15, 0.2) is 28.2 Å². The molecule has 1 atom stereocenters. The highest BCUT2D eigenvalue weighted by Gasteiger charge is 2.45. The number of hydrogen-bond donors (Lipinski definition) is 1. The van der Waals surface area contributed by atoms with Gasteiger partial charge in [-0.3, -0.25) is 4.79 Å². The minimum atomic E-state index is -5.45. The second kappa shape index (κ2) is 15.4. The molecule has 0 aliphatic carbocycles. The Labute approximate surface area is 296 Å². The molecule has 274 valence electrons. The maximum atomic E-state index is 14.8. The quantitative estimate of drug-likeness (QED) is 0.101. The molecule has 0 aromatic heterocycles. The van der Waals surface area contributed by atoms with Crippen molar-refractivity contribution in [3.05, 3.63) is 124 Å². The summed E-state index contributed by atoms with van der Waals surface area (Å²) >= 11 is 0. The van der Waals surface area contributed by atoms with Crippen molar-refractivity contribution in [1.82, 2.24) is 4.31 Å². The molecule has 4 aromatic carbocycles. The van der Waals surface area contributed by atoms with E-state index in [9.17, 15) is 45.1 Å². The number of halogens is 5. The lowest BCUT2D eigenvalue weighted by Gasteiger charge is -2.31. The minimum absolute atomic E-state index is 0.0250. The maximum absolute atomic E-state index is 14.8. The van der Waals surface area contributed by atoms with Gasteiger partial charge in [0, 0.05) is 31.5 Å². The van der Waals surface area contributed by atoms with Gasteiger partial charge in [0.1, 0.15) is 24.0 Å². The predicted molar refractivity (Wildman–Crippen MR) is 178 cm³/mol. The molecular formula is C37H33F5N2O7S. The van der Waals surface area contributed by atoms with Crippen molar-refractivity contribution in [2.45, 2.75) is 55.7 Å². The van der Waals surface area contributed by atoms with Gasteiger partial charge < -0.3 is 19.5 Å². The molecule has 1 N–H and O–H groups in total. The van der Waals surface area contributed by atoms with Crippen LogP contribution in [0.25, 0.3) is 0 Å². The highest BCUT2D eigenvalue weighted by molar-refractivity contribution is 7.89. The molecule has 2 aliphatic rings. The first-order valence-electron chi connectivity index (χ1n) is 16.4. The van der Waals surface area contributed by atoms with Gasteiger partial charge in [0.2, 0.25) is 21.7 Å². The molecule has 2 heterocycles. The summed E-state index contributed by atoms with van der Waals surface area (Å²) in [5.74, 6) is -14.5. The summed E-state index contributed by atoms with van der Waals surface area (Å²) < 4.78 is 111. The molecule has 52 heavy (non-hydrogen) atoms. The number of amides is 1. The fourth-order valence-electron chi connectivity index (χ4n) is 6.50. The molecule has 2 fully saturated rings. The molecular weight excluding hydrogens is 711 g/mol. The molecule has 15 heteroatoms. The first-order valence-corrected chi connectivity index (χ1v) is 17.9. The third-order valence-electron chi connectivity index (χ3n) is 9.25. The second-order valence-electron chi connectivity index (χ2n) is 12.5. The number of hydrogen-bond acceptors (Lipinski definition) is 6. The molecule has 2 aliphatic heterocycles. The van der Waals surface area contributed by atoms with Crippen molar-refractivity contribution >= 4 is 27.6 Å². The zero-order chi connectivity index (χ0) is 37.2. The van der Waals surface area contributed by atoms with Crippen LogP contribution in [0.2, 0.25) is 0 Å². The Kier molecular flexibility index (Phi) is 10.9. The normalized spacial score (nSPS) is 16.9. The fourth-order valence-corrected chi connectivity index (χ4v) is 8.27. The van der Waals surface area contributed by atoms with E-state index in [1.54, 1.807) is 42.5 Å². The Hall–Kier alpha value is -4.86. The Morgan fingerprint density at radius 3 is 2.10 bits per heavy atom. The van der Waals surface area contributed by atoms with Crippen molar-refractivity contribution in [2.24, 2.45) is 0 Å². The topological polar surface area (TPSA) is 113 Å². The average Bonchev–Trinajstić information content (AvgIpc) is 3.67. The van der Waals surface area contributed by atoms with E-state index in [0.29, 0.717) is 23.1 Å². The van der Waals surface area contributed by atoms with Crippen molar-refractivity contribution in [2.75, 3.05) is 24.7 Å². The lowest BCUT2D eigenvalue weighted by atomic mass is 9.91. The standard InChI is InChI=1S/C37H33F5N2O7S/c38-30-31(39)33(41)35(34(42)32(30)40)52(48,49)44-16-4-7-28(44)36(45)43(20-22-8-10-24(11-9-22)25-14-17-50-18-15-25)26-12-13-27(37(46)47)29(19-26)51-21-23-5-2-1-3-6-23/h1-3,5-6,8-13,19,25,28H,4,7,14-18,20-21H2,(H,46,47). The molecule has 1 unspecified atom stereocenters. The number of aromatic carboxylic acids is 1. The van der Waals surface area contributed by atoms with E-state index in [1.165, 1.54) is 23.1 Å². The zero-order valence-corrected chi connectivity index (χ0v) is 28.4. The van der Waals surface area contributed by atoms with Crippen LogP contribution in [0.1, 0.15) is 58.6 Å². The Bertz CT molecular complexity index is 2050. The van der Waals surface area contributed by atoms with Crippen LogP contribution in [0.15, 0.2) is 77.7 Å². The first-order chi connectivity index (χ1) is 24.9. The highest BCUT2D eigenvalue weighted by Crippen LogP contribution is 2.36. The smallest absolute Gasteiger partial charge is 0.339 e. The molecule has 0 spiro atoms. The fraction of sp³-hybridized carbons (Fsp3) is 0.297. The lowest BCUT2D eigenvalue weighted by molar-refractivity contribution is -0.121. The SMILES string of the molecule is O=C(O)c1ccc(N(Cc2ccc(C3CCOCC3)cc2)C(=O)C2CCCN2S(=O)(=O)c2c(F)c(F)c(F)c(F)c2F)cc1OCc1ccccc1. The summed E-state index contributed by atoms with van der Waals surface area (Å²) in [7, 11) is -5.45. The van der Waals surface area contributed by atoms with Crippen LogP contribution < -0.4 is 9.64 Å². The van der Waals surface area contributed by atoms with E-state index in [0.717, 1.165) is 24.0 Å². The Morgan fingerprint density at radius 2 is 1.46 bits per heavy atom. The van der Waals surface area contributed by atoms with Gasteiger partial charge in [-0.1, -0.05) is 54.6 Å². The van der Waals surface area contributed by atoms with Crippen LogP contribution in [0, 0.1) is 29.1 Å². The van der Waals surface area contributed by atoms with Crippen molar-refractivity contribution in [3.8, 4) is 5.75 Å². The number of carbonyl (C=O) groups is 2.